The third-order valence-electron chi connectivity index (χ3n) is 4.38. The van der Waals surface area contributed by atoms with Gasteiger partial charge >= 0.3 is 6.03 Å². The molecule has 140 valence electrons. The minimum atomic E-state index is -0.277. The highest BCUT2D eigenvalue weighted by Crippen LogP contribution is 2.26. The minimum Gasteiger partial charge on any atom is -0.496 e. The van der Waals surface area contributed by atoms with Gasteiger partial charge in [0.05, 0.1) is 18.8 Å². The summed E-state index contributed by atoms with van der Waals surface area (Å²) in [5, 5.41) is 10.1. The van der Waals surface area contributed by atoms with Crippen LogP contribution in [-0.4, -0.2) is 22.9 Å². The van der Waals surface area contributed by atoms with Crippen molar-refractivity contribution < 1.29 is 9.53 Å². The molecule has 6 heteroatoms. The van der Waals surface area contributed by atoms with Crippen LogP contribution in [0.5, 0.6) is 5.75 Å². The van der Waals surface area contributed by atoms with Crippen molar-refractivity contribution >= 4 is 11.7 Å². The number of methoxy groups -OCH3 is 1. The molecule has 2 aromatic carbocycles. The van der Waals surface area contributed by atoms with E-state index in [0.29, 0.717) is 5.69 Å². The third kappa shape index (κ3) is 4.28. The van der Waals surface area contributed by atoms with Gasteiger partial charge in [0.15, 0.2) is 0 Å². The van der Waals surface area contributed by atoms with Crippen molar-refractivity contribution in [3.8, 4) is 11.4 Å². The Morgan fingerprint density at radius 2 is 1.96 bits per heavy atom. The van der Waals surface area contributed by atoms with E-state index in [1.807, 2.05) is 74.0 Å². The molecule has 0 aliphatic carbocycles. The second-order valence-electron chi connectivity index (χ2n) is 6.50. The molecule has 0 radical (unpaired) electrons. The number of aryl methyl sites for hydroxylation is 2. The van der Waals surface area contributed by atoms with Crippen molar-refractivity contribution in [1.29, 1.82) is 0 Å². The Morgan fingerprint density at radius 3 is 2.67 bits per heavy atom. The monoisotopic (exact) mass is 364 g/mol. The van der Waals surface area contributed by atoms with Gasteiger partial charge in [-0.2, -0.15) is 5.10 Å². The number of nitrogens with one attached hydrogen (secondary N) is 2. The van der Waals surface area contributed by atoms with E-state index >= 15 is 0 Å². The van der Waals surface area contributed by atoms with Crippen LogP contribution in [0.2, 0.25) is 0 Å². The van der Waals surface area contributed by atoms with Gasteiger partial charge in [-0.1, -0.05) is 23.8 Å². The summed E-state index contributed by atoms with van der Waals surface area (Å²) >= 11 is 0. The number of carbonyl (C=O) groups excluding carboxylic acids is 1. The minimum absolute atomic E-state index is 0.198. The molecular formula is C21H24N4O2. The molecule has 1 unspecified atom stereocenters. The summed E-state index contributed by atoms with van der Waals surface area (Å²) in [6, 6.07) is 14.9. The smallest absolute Gasteiger partial charge is 0.319 e. The summed E-state index contributed by atoms with van der Waals surface area (Å²) < 4.78 is 7.23. The fraction of sp³-hybridized carbons (Fsp3) is 0.238. The van der Waals surface area contributed by atoms with Gasteiger partial charge in [-0.15, -0.1) is 0 Å². The average Bonchev–Trinajstić information content (AvgIpc) is 3.07. The highest BCUT2D eigenvalue weighted by molar-refractivity contribution is 5.89. The van der Waals surface area contributed by atoms with Crippen molar-refractivity contribution in [2.45, 2.75) is 26.8 Å². The van der Waals surface area contributed by atoms with Gasteiger partial charge < -0.3 is 15.4 Å². The van der Waals surface area contributed by atoms with Crippen molar-refractivity contribution in [2.24, 2.45) is 0 Å². The fourth-order valence-corrected chi connectivity index (χ4v) is 2.99. The molecule has 3 aromatic rings. The molecule has 2 amide bonds. The maximum Gasteiger partial charge on any atom is 0.319 e. The SMILES string of the molecule is COc1ccc(C)cc1C(C)NC(=O)Nc1cccc(-n2nccc2C)c1. The molecule has 0 fully saturated rings. The summed E-state index contributed by atoms with van der Waals surface area (Å²) in [4.78, 5) is 12.5. The van der Waals surface area contributed by atoms with Crippen LogP contribution in [0, 0.1) is 13.8 Å². The number of hydrogen-bond donors (Lipinski definition) is 2. The van der Waals surface area contributed by atoms with Crippen LogP contribution in [0.3, 0.4) is 0 Å². The van der Waals surface area contributed by atoms with E-state index in [0.717, 1.165) is 28.3 Å². The molecule has 2 N–H and O–H groups in total. The maximum atomic E-state index is 12.5. The van der Waals surface area contributed by atoms with E-state index in [1.165, 1.54) is 0 Å². The van der Waals surface area contributed by atoms with Gasteiger partial charge in [-0.25, -0.2) is 9.48 Å². The Labute approximate surface area is 159 Å². The molecular weight excluding hydrogens is 340 g/mol. The van der Waals surface area contributed by atoms with Gasteiger partial charge in [0, 0.05) is 23.1 Å². The topological polar surface area (TPSA) is 68.2 Å². The number of amides is 2. The van der Waals surface area contributed by atoms with E-state index in [1.54, 1.807) is 13.3 Å². The number of ether oxygens (including phenoxy) is 1. The van der Waals surface area contributed by atoms with Crippen LogP contribution >= 0.6 is 0 Å². The van der Waals surface area contributed by atoms with Crippen LogP contribution in [-0.2, 0) is 0 Å². The second kappa shape index (κ2) is 7.95. The van der Waals surface area contributed by atoms with Gasteiger partial charge in [0.2, 0.25) is 0 Å². The van der Waals surface area contributed by atoms with Crippen molar-refractivity contribution in [3.05, 3.63) is 71.5 Å². The molecule has 1 atom stereocenters. The summed E-state index contributed by atoms with van der Waals surface area (Å²) in [6.45, 7) is 5.93. The molecule has 0 saturated carbocycles. The fourth-order valence-electron chi connectivity index (χ4n) is 2.99. The van der Waals surface area contributed by atoms with Crippen LogP contribution < -0.4 is 15.4 Å². The number of urea groups is 1. The first kappa shape index (κ1) is 18.5. The Bertz CT molecular complexity index is 949. The number of carbonyl (C=O) groups is 1. The zero-order chi connectivity index (χ0) is 19.4. The molecule has 0 aliphatic heterocycles. The van der Waals surface area contributed by atoms with E-state index in [-0.39, 0.29) is 12.1 Å². The molecule has 0 bridgehead atoms. The Hall–Kier alpha value is -3.28. The zero-order valence-corrected chi connectivity index (χ0v) is 16.0. The van der Waals surface area contributed by atoms with Crippen molar-refractivity contribution in [3.63, 3.8) is 0 Å². The van der Waals surface area contributed by atoms with Gasteiger partial charge in [-0.3, -0.25) is 0 Å². The number of anilines is 1. The number of nitrogens with zero attached hydrogens (tertiary/aromatic N) is 2. The molecule has 1 heterocycles. The quantitative estimate of drug-likeness (QED) is 0.706. The van der Waals surface area contributed by atoms with Crippen LogP contribution in [0.25, 0.3) is 5.69 Å². The predicted octanol–water partition coefficient (Wildman–Crippen LogP) is 4.38. The number of aromatic nitrogens is 2. The summed E-state index contributed by atoms with van der Waals surface area (Å²) in [6.07, 6.45) is 1.75. The molecule has 0 saturated heterocycles. The lowest BCUT2D eigenvalue weighted by Gasteiger charge is -2.18. The molecule has 27 heavy (non-hydrogen) atoms. The Balaban J connectivity index is 1.71. The first-order chi connectivity index (χ1) is 13.0. The number of benzene rings is 2. The zero-order valence-electron chi connectivity index (χ0n) is 16.0. The van der Waals surface area contributed by atoms with Crippen LogP contribution in [0.4, 0.5) is 10.5 Å². The Kier molecular flexibility index (Phi) is 5.45. The summed E-state index contributed by atoms with van der Waals surface area (Å²) in [5.41, 5.74) is 4.67. The predicted molar refractivity (Wildman–Crippen MR) is 107 cm³/mol. The second-order valence-corrected chi connectivity index (χ2v) is 6.50. The normalized spacial score (nSPS) is 11.7. The maximum absolute atomic E-state index is 12.5. The summed E-state index contributed by atoms with van der Waals surface area (Å²) in [7, 11) is 1.63. The van der Waals surface area contributed by atoms with E-state index in [9.17, 15) is 4.79 Å². The van der Waals surface area contributed by atoms with E-state index < -0.39 is 0 Å². The average molecular weight is 364 g/mol. The van der Waals surface area contributed by atoms with Crippen molar-refractivity contribution in [1.82, 2.24) is 15.1 Å². The van der Waals surface area contributed by atoms with Gasteiger partial charge in [0.1, 0.15) is 5.75 Å². The lowest BCUT2D eigenvalue weighted by Crippen LogP contribution is -2.31. The molecule has 3 rings (SSSR count). The van der Waals surface area contributed by atoms with Crippen LogP contribution in [0.1, 0.15) is 29.8 Å². The van der Waals surface area contributed by atoms with E-state index in [4.69, 9.17) is 4.74 Å². The third-order valence-corrected chi connectivity index (χ3v) is 4.38. The van der Waals surface area contributed by atoms with Gasteiger partial charge in [-0.05, 0) is 51.1 Å². The first-order valence-electron chi connectivity index (χ1n) is 8.81. The van der Waals surface area contributed by atoms with Gasteiger partial charge in [0.25, 0.3) is 0 Å². The summed E-state index contributed by atoms with van der Waals surface area (Å²) in [5.74, 6) is 0.754. The number of rotatable bonds is 5. The highest BCUT2D eigenvalue weighted by Gasteiger charge is 2.14. The van der Waals surface area contributed by atoms with Crippen LogP contribution in [0.15, 0.2) is 54.7 Å². The lowest BCUT2D eigenvalue weighted by molar-refractivity contribution is 0.249. The van der Waals surface area contributed by atoms with E-state index in [2.05, 4.69) is 15.7 Å². The molecule has 0 aliphatic rings. The molecule has 1 aromatic heterocycles. The van der Waals surface area contributed by atoms with Crippen molar-refractivity contribution in [2.75, 3.05) is 12.4 Å². The first-order valence-corrected chi connectivity index (χ1v) is 8.81. The standard InChI is InChI=1S/C21H24N4O2/c1-14-8-9-20(27-4)19(12-14)16(3)23-21(26)24-17-6-5-7-18(13-17)25-15(2)10-11-22-25/h5-13,16H,1-4H3,(H2,23,24,26). The molecule has 6 nitrogen and oxygen atoms in total. The lowest BCUT2D eigenvalue weighted by atomic mass is 10.0. The number of hydrogen-bond acceptors (Lipinski definition) is 3. The largest absolute Gasteiger partial charge is 0.496 e. The Morgan fingerprint density at radius 1 is 1.15 bits per heavy atom. The molecule has 0 spiro atoms. The highest BCUT2D eigenvalue weighted by atomic mass is 16.5.